The van der Waals surface area contributed by atoms with Crippen LogP contribution in [0.15, 0.2) is 42.5 Å². The summed E-state index contributed by atoms with van der Waals surface area (Å²) in [5, 5.41) is 4.53. The fourth-order valence-electron chi connectivity index (χ4n) is 5.37. The first-order chi connectivity index (χ1) is 19.1. The van der Waals surface area contributed by atoms with Crippen LogP contribution < -0.4 is 20.6 Å². The summed E-state index contributed by atoms with van der Waals surface area (Å²) in [4.78, 5) is 32.6. The van der Waals surface area contributed by atoms with Crippen molar-refractivity contribution in [1.29, 1.82) is 0 Å². The number of hydrogen-bond acceptors (Lipinski definition) is 5. The average molecular weight is 548 g/mol. The number of nitrogens with zero attached hydrogens (tertiary/aromatic N) is 2. The number of hydrogen-bond donors (Lipinski definition) is 1. The first-order valence-electron chi connectivity index (χ1n) is 14.4. The number of carbonyl (C=O) groups excluding carboxylic acids is 2. The molecule has 216 valence electrons. The number of fused-ring (bicyclic) bond motifs is 1. The lowest BCUT2D eigenvalue weighted by Crippen LogP contribution is -2.41. The average Bonchev–Trinajstić information content (AvgIpc) is 3.47. The Kier molecular flexibility index (Phi) is 10.5. The Labute approximate surface area is 239 Å². The van der Waals surface area contributed by atoms with Gasteiger partial charge in [-0.1, -0.05) is 38.7 Å². The zero-order chi connectivity index (χ0) is 29.4. The summed E-state index contributed by atoms with van der Waals surface area (Å²) >= 11 is 0. The zero-order valence-corrected chi connectivity index (χ0v) is 25.1. The van der Waals surface area contributed by atoms with Gasteiger partial charge >= 0.3 is 6.09 Å². The maximum Gasteiger partial charge on any atom is 0.410 e. The molecule has 0 spiro atoms. The number of nitrogens with one attached hydrogen (secondary N) is 1. The van der Waals surface area contributed by atoms with Crippen LogP contribution in [0.2, 0.25) is 0 Å². The number of pyridine rings is 1. The van der Waals surface area contributed by atoms with Crippen LogP contribution in [0.3, 0.4) is 0 Å². The Bertz CT molecular complexity index is 1300. The van der Waals surface area contributed by atoms with E-state index in [0.29, 0.717) is 53.4 Å². The lowest BCUT2D eigenvalue weighted by molar-refractivity contribution is 0.0278. The summed E-state index contributed by atoms with van der Waals surface area (Å²) in [5.41, 5.74) is 1.63. The summed E-state index contributed by atoms with van der Waals surface area (Å²) in [6, 6.07) is 9.59. The minimum Gasteiger partial charge on any atom is -0.494 e. The molecule has 0 bridgehead atoms. The van der Waals surface area contributed by atoms with Gasteiger partial charge in [-0.3, -0.25) is 4.79 Å². The van der Waals surface area contributed by atoms with Crippen LogP contribution in [0.5, 0.6) is 5.75 Å². The highest BCUT2D eigenvalue weighted by Gasteiger charge is 2.43. The minimum atomic E-state index is -0.505. The highest BCUT2D eigenvalue weighted by atomic mass is 16.6. The van der Waals surface area contributed by atoms with Crippen molar-refractivity contribution in [2.45, 2.75) is 73.0 Å². The molecule has 1 aliphatic heterocycles. The van der Waals surface area contributed by atoms with E-state index >= 15 is 0 Å². The summed E-state index contributed by atoms with van der Waals surface area (Å²) in [6.07, 6.45) is 7.13. The van der Waals surface area contributed by atoms with Crippen LogP contribution in [0, 0.1) is 11.8 Å². The second kappa shape index (κ2) is 13.6. The van der Waals surface area contributed by atoms with Crippen LogP contribution >= 0.6 is 0 Å². The predicted octanol–water partition coefficient (Wildman–Crippen LogP) is 5.32. The van der Waals surface area contributed by atoms with Crippen molar-refractivity contribution < 1.29 is 19.1 Å². The Hall–Kier alpha value is -3.61. The van der Waals surface area contributed by atoms with E-state index < -0.39 is 5.60 Å². The molecule has 2 aliphatic rings. The topological polar surface area (TPSA) is 80.8 Å². The van der Waals surface area contributed by atoms with Crippen molar-refractivity contribution in [2.24, 2.45) is 11.8 Å². The maximum atomic E-state index is 13.6. The van der Waals surface area contributed by atoms with Gasteiger partial charge in [-0.05, 0) is 89.6 Å². The number of benzene rings is 1. The third-order valence-electron chi connectivity index (χ3n) is 7.04. The molecule has 2 aromatic rings. The van der Waals surface area contributed by atoms with Gasteiger partial charge in [-0.2, -0.15) is 0 Å². The van der Waals surface area contributed by atoms with E-state index in [1.807, 2.05) is 102 Å². The van der Waals surface area contributed by atoms with E-state index in [2.05, 4.69) is 11.9 Å². The zero-order valence-electron chi connectivity index (χ0n) is 25.1. The van der Waals surface area contributed by atoms with E-state index in [4.69, 9.17) is 14.5 Å². The molecule has 2 fully saturated rings. The second-order valence-corrected chi connectivity index (χ2v) is 11.1. The SMILES string of the molecule is C=c1nc(-c2ccc(OCC)cc2)cc(C(=O)NC2CC3CN(C(=O)OC(C)(C)C)C[C@@H]3C2)/c1=C/C=C\C.CC. The largest absolute Gasteiger partial charge is 0.494 e. The summed E-state index contributed by atoms with van der Waals surface area (Å²) in [5.74, 6) is 1.39. The normalized spacial score (nSPS) is 20.6. The van der Waals surface area contributed by atoms with Crippen molar-refractivity contribution in [3.8, 4) is 17.0 Å². The van der Waals surface area contributed by atoms with E-state index in [9.17, 15) is 9.59 Å². The van der Waals surface area contributed by atoms with Crippen molar-refractivity contribution >= 4 is 24.7 Å². The molecule has 4 rings (SSSR count). The standard InChI is InChI=1S/C31H39N3O4.C2H6/c1-7-9-10-26-20(3)32-28(21-11-13-25(14-12-21)37-8-2)17-27(26)29(35)33-24-15-22-18-34(19-23(22)16-24)30(36)38-31(4,5)6;1-2/h7,9-14,17,22-24H,3,8,15-16,18-19H2,1-2,4-6H3,(H,33,35);1-2H3/b9-7-,26-10+;/t22-,23?,24?;/m0./s1. The monoisotopic (exact) mass is 547 g/mol. The number of aromatic nitrogens is 1. The highest BCUT2D eigenvalue weighted by molar-refractivity contribution is 5.96. The number of amides is 2. The summed E-state index contributed by atoms with van der Waals surface area (Å²) < 4.78 is 11.1. The lowest BCUT2D eigenvalue weighted by Gasteiger charge is -2.25. The van der Waals surface area contributed by atoms with Gasteiger partial charge in [-0.15, -0.1) is 0 Å². The molecule has 0 radical (unpaired) electrons. The van der Waals surface area contributed by atoms with Gasteiger partial charge in [0.25, 0.3) is 5.91 Å². The maximum absolute atomic E-state index is 13.6. The number of likely N-dealkylation sites (tertiary alicyclic amines) is 1. The van der Waals surface area contributed by atoms with Crippen molar-refractivity contribution in [1.82, 2.24) is 15.2 Å². The molecule has 2 heterocycles. The molecule has 3 atom stereocenters. The van der Waals surface area contributed by atoms with Gasteiger partial charge in [0.05, 0.1) is 23.2 Å². The fourth-order valence-corrected chi connectivity index (χ4v) is 5.37. The molecule has 7 heteroatoms. The van der Waals surface area contributed by atoms with Gasteiger partial charge < -0.3 is 19.7 Å². The molecule has 2 amide bonds. The molecular formula is C33H45N3O4. The molecular weight excluding hydrogens is 502 g/mol. The first-order valence-corrected chi connectivity index (χ1v) is 14.4. The quantitative estimate of drug-likeness (QED) is 0.530. The molecule has 7 nitrogen and oxygen atoms in total. The molecule has 1 aromatic carbocycles. The Balaban J connectivity index is 0.00000216. The molecule has 1 aromatic heterocycles. The van der Waals surface area contributed by atoms with Gasteiger partial charge in [-0.25, -0.2) is 9.78 Å². The molecule has 2 unspecified atom stereocenters. The van der Waals surface area contributed by atoms with E-state index in [1.54, 1.807) is 0 Å². The Morgan fingerprint density at radius 2 is 1.75 bits per heavy atom. The van der Waals surface area contributed by atoms with Crippen LogP contribution in [0.1, 0.15) is 71.7 Å². The van der Waals surface area contributed by atoms with E-state index in [-0.39, 0.29) is 18.0 Å². The third kappa shape index (κ3) is 7.74. The lowest BCUT2D eigenvalue weighted by atomic mass is 10.0. The molecule has 1 N–H and O–H groups in total. The smallest absolute Gasteiger partial charge is 0.410 e. The first kappa shape index (κ1) is 30.9. The molecule has 1 saturated carbocycles. The number of rotatable bonds is 6. The van der Waals surface area contributed by atoms with Gasteiger partial charge in [0, 0.05) is 29.9 Å². The van der Waals surface area contributed by atoms with E-state index in [1.165, 1.54) is 0 Å². The number of carbonyl (C=O) groups is 2. The van der Waals surface area contributed by atoms with Gasteiger partial charge in [0.1, 0.15) is 11.4 Å². The van der Waals surface area contributed by atoms with Crippen LogP contribution in [-0.4, -0.2) is 53.2 Å². The van der Waals surface area contributed by atoms with Crippen LogP contribution in [0.4, 0.5) is 4.79 Å². The van der Waals surface area contributed by atoms with Crippen LogP contribution in [0.25, 0.3) is 23.9 Å². The third-order valence-corrected chi connectivity index (χ3v) is 7.04. The van der Waals surface area contributed by atoms with E-state index in [0.717, 1.165) is 24.2 Å². The van der Waals surface area contributed by atoms with Crippen molar-refractivity contribution in [3.05, 3.63) is 58.6 Å². The number of ether oxygens (including phenoxy) is 2. The molecule has 40 heavy (non-hydrogen) atoms. The highest BCUT2D eigenvalue weighted by Crippen LogP contribution is 2.38. The second-order valence-electron chi connectivity index (χ2n) is 11.1. The molecule has 1 saturated heterocycles. The molecule has 1 aliphatic carbocycles. The Morgan fingerprint density at radius 3 is 2.30 bits per heavy atom. The van der Waals surface area contributed by atoms with Gasteiger partial charge in [0.2, 0.25) is 0 Å². The van der Waals surface area contributed by atoms with Crippen LogP contribution in [-0.2, 0) is 4.74 Å². The minimum absolute atomic E-state index is 0.0585. The van der Waals surface area contributed by atoms with Gasteiger partial charge in [0.15, 0.2) is 0 Å². The Morgan fingerprint density at radius 1 is 1.12 bits per heavy atom. The van der Waals surface area contributed by atoms with Crippen molar-refractivity contribution in [2.75, 3.05) is 19.7 Å². The number of allylic oxidation sites excluding steroid dienone is 2. The fraction of sp³-hybridized carbons (Fsp3) is 0.485. The van der Waals surface area contributed by atoms with Crippen molar-refractivity contribution in [3.63, 3.8) is 0 Å². The summed E-state index contributed by atoms with van der Waals surface area (Å²) in [7, 11) is 0. The predicted molar refractivity (Wildman–Crippen MR) is 162 cm³/mol. The summed E-state index contributed by atoms with van der Waals surface area (Å²) in [6.45, 7) is 19.6.